The van der Waals surface area contributed by atoms with Crippen molar-refractivity contribution in [2.24, 2.45) is 0 Å². The molecule has 236 valence electrons. The fraction of sp³-hybridized carbons (Fsp3) is 0.0204. The first kappa shape index (κ1) is 29.7. The van der Waals surface area contributed by atoms with E-state index in [9.17, 15) is 0 Å². The van der Waals surface area contributed by atoms with Crippen molar-refractivity contribution in [1.82, 2.24) is 0 Å². The summed E-state index contributed by atoms with van der Waals surface area (Å²) in [6.45, 7) is 0.589. The highest BCUT2D eigenvalue weighted by atomic mass is 16.5. The Kier molecular flexibility index (Phi) is 7.64. The molecule has 0 N–H and O–H groups in total. The smallest absolute Gasteiger partial charge is 0.127 e. The predicted molar refractivity (Wildman–Crippen MR) is 209 cm³/mol. The van der Waals surface area contributed by atoms with Crippen LogP contribution >= 0.6 is 0 Å². The Balaban J connectivity index is 1.13. The molecule has 1 nitrogen and oxygen atoms in total. The van der Waals surface area contributed by atoms with Crippen molar-refractivity contribution in [3.63, 3.8) is 0 Å². The Hall–Kier alpha value is -6.44. The maximum Gasteiger partial charge on any atom is 0.127 e. The van der Waals surface area contributed by atoms with Gasteiger partial charge in [0.2, 0.25) is 0 Å². The molecule has 0 fully saturated rings. The van der Waals surface area contributed by atoms with Crippen LogP contribution in [0.1, 0.15) is 5.56 Å². The molecule has 50 heavy (non-hydrogen) atoms. The van der Waals surface area contributed by atoms with Gasteiger partial charge in [-0.1, -0.05) is 164 Å². The molecule has 1 heteroatoms. The molecule has 0 bridgehead atoms. The van der Waals surface area contributed by atoms with Crippen LogP contribution in [0, 0.1) is 0 Å². The van der Waals surface area contributed by atoms with Gasteiger partial charge in [-0.25, -0.2) is 0 Å². The maximum absolute atomic E-state index is 6.07. The first-order chi connectivity index (χ1) is 24.8. The third-order valence-corrected chi connectivity index (χ3v) is 9.78. The fourth-order valence-corrected chi connectivity index (χ4v) is 7.20. The summed E-state index contributed by atoms with van der Waals surface area (Å²) >= 11 is 0. The van der Waals surface area contributed by atoms with Gasteiger partial charge in [0, 0.05) is 5.56 Å². The lowest BCUT2D eigenvalue weighted by Crippen LogP contribution is -2.06. The van der Waals surface area contributed by atoms with Gasteiger partial charge >= 0.3 is 0 Å². The van der Waals surface area contributed by atoms with Crippen LogP contribution in [0.25, 0.3) is 77.9 Å². The van der Waals surface area contributed by atoms with Crippen molar-refractivity contribution < 1.29 is 4.74 Å². The first-order valence-corrected chi connectivity index (χ1v) is 17.2. The Morgan fingerprint density at radius 3 is 1.32 bits per heavy atom. The molecule has 0 saturated heterocycles. The summed E-state index contributed by atoms with van der Waals surface area (Å²) in [6, 6.07) is 70.0. The lowest BCUT2D eigenvalue weighted by atomic mass is 9.88. The molecule has 1 heterocycles. The molecule has 0 aromatic heterocycles. The van der Waals surface area contributed by atoms with Crippen molar-refractivity contribution in [3.05, 3.63) is 200 Å². The van der Waals surface area contributed by atoms with Crippen LogP contribution in [-0.2, 0) is 6.61 Å². The van der Waals surface area contributed by atoms with Crippen molar-refractivity contribution in [2.75, 3.05) is 0 Å². The summed E-state index contributed by atoms with van der Waals surface area (Å²) in [5, 5.41) is 0. The average molecular weight is 639 g/mol. The molecule has 0 atom stereocenters. The summed E-state index contributed by atoms with van der Waals surface area (Å²) in [5.41, 5.74) is 18.1. The van der Waals surface area contributed by atoms with E-state index in [1.807, 2.05) is 6.07 Å². The fourth-order valence-electron chi connectivity index (χ4n) is 7.20. The zero-order chi connectivity index (χ0) is 33.3. The zero-order valence-corrected chi connectivity index (χ0v) is 27.6. The van der Waals surface area contributed by atoms with E-state index >= 15 is 0 Å². The Morgan fingerprint density at radius 1 is 0.280 bits per heavy atom. The summed E-state index contributed by atoms with van der Waals surface area (Å²) in [6.07, 6.45) is 0. The highest BCUT2D eigenvalue weighted by Crippen LogP contribution is 2.43. The quantitative estimate of drug-likeness (QED) is 0.176. The molecule has 1 aliphatic heterocycles. The highest BCUT2D eigenvalue weighted by Gasteiger charge is 2.20. The van der Waals surface area contributed by atoms with Gasteiger partial charge in [0.15, 0.2) is 0 Å². The minimum atomic E-state index is 0.589. The van der Waals surface area contributed by atoms with Crippen LogP contribution in [0.15, 0.2) is 194 Å². The summed E-state index contributed by atoms with van der Waals surface area (Å²) < 4.78 is 6.07. The van der Waals surface area contributed by atoms with E-state index in [-0.39, 0.29) is 0 Å². The van der Waals surface area contributed by atoms with Crippen LogP contribution in [0.2, 0.25) is 0 Å². The predicted octanol–water partition coefficient (Wildman–Crippen LogP) is 13.2. The SMILES string of the molecule is c1ccc(-c2ccc(-c3cc(-c4ccc(-c5cccc6c5-c5ccccc5OC6)cc4)cc(-c4cccc(-c5ccccc5)c4)c3)cc2)cc1. The third kappa shape index (κ3) is 5.70. The number of hydrogen-bond donors (Lipinski definition) is 0. The van der Waals surface area contributed by atoms with E-state index in [4.69, 9.17) is 4.74 Å². The van der Waals surface area contributed by atoms with Gasteiger partial charge in [0.25, 0.3) is 0 Å². The van der Waals surface area contributed by atoms with Gasteiger partial charge in [-0.3, -0.25) is 0 Å². The molecule has 9 rings (SSSR count). The number of para-hydroxylation sites is 1. The third-order valence-electron chi connectivity index (χ3n) is 9.78. The number of benzene rings is 8. The molecule has 0 saturated carbocycles. The molecule has 8 aromatic carbocycles. The molecule has 0 radical (unpaired) electrons. The highest BCUT2D eigenvalue weighted by molar-refractivity contribution is 5.90. The minimum absolute atomic E-state index is 0.589. The van der Waals surface area contributed by atoms with Gasteiger partial charge in [-0.15, -0.1) is 0 Å². The second-order valence-corrected chi connectivity index (χ2v) is 12.9. The van der Waals surface area contributed by atoms with Crippen molar-refractivity contribution in [2.45, 2.75) is 6.61 Å². The van der Waals surface area contributed by atoms with Gasteiger partial charge in [-0.2, -0.15) is 0 Å². The topological polar surface area (TPSA) is 9.23 Å². The summed E-state index contributed by atoms with van der Waals surface area (Å²) in [5.74, 6) is 0.946. The van der Waals surface area contributed by atoms with Crippen LogP contribution in [0.3, 0.4) is 0 Å². The van der Waals surface area contributed by atoms with E-state index < -0.39 is 0 Å². The zero-order valence-electron chi connectivity index (χ0n) is 27.6. The average Bonchev–Trinajstić information content (AvgIpc) is 3.21. The monoisotopic (exact) mass is 638 g/mol. The summed E-state index contributed by atoms with van der Waals surface area (Å²) in [7, 11) is 0. The lowest BCUT2D eigenvalue weighted by Gasteiger charge is -2.23. The van der Waals surface area contributed by atoms with Crippen LogP contribution < -0.4 is 4.74 Å². The van der Waals surface area contributed by atoms with E-state index in [0.717, 1.165) is 11.3 Å². The number of fused-ring (bicyclic) bond motifs is 3. The van der Waals surface area contributed by atoms with Crippen LogP contribution in [-0.4, -0.2) is 0 Å². The van der Waals surface area contributed by atoms with Gasteiger partial charge in [0.1, 0.15) is 12.4 Å². The maximum atomic E-state index is 6.07. The van der Waals surface area contributed by atoms with Crippen molar-refractivity contribution in [3.8, 4) is 83.6 Å². The molecule has 8 aromatic rings. The van der Waals surface area contributed by atoms with E-state index in [2.05, 4.69) is 188 Å². The van der Waals surface area contributed by atoms with Crippen LogP contribution in [0.4, 0.5) is 0 Å². The summed E-state index contributed by atoms with van der Waals surface area (Å²) in [4.78, 5) is 0. The Labute approximate surface area is 293 Å². The number of rotatable bonds is 6. The second kappa shape index (κ2) is 12.9. The molecule has 0 amide bonds. The van der Waals surface area contributed by atoms with E-state index in [0.29, 0.717) is 6.61 Å². The van der Waals surface area contributed by atoms with Gasteiger partial charge in [-0.05, 0) is 108 Å². The molecule has 1 aliphatic rings. The molecule has 0 spiro atoms. The van der Waals surface area contributed by atoms with E-state index in [1.54, 1.807) is 0 Å². The van der Waals surface area contributed by atoms with Crippen molar-refractivity contribution in [1.29, 1.82) is 0 Å². The molecular weight excluding hydrogens is 605 g/mol. The normalized spacial score (nSPS) is 11.7. The van der Waals surface area contributed by atoms with E-state index in [1.165, 1.54) is 77.9 Å². The van der Waals surface area contributed by atoms with Crippen LogP contribution in [0.5, 0.6) is 5.75 Å². The lowest BCUT2D eigenvalue weighted by molar-refractivity contribution is 0.302. The number of hydrogen-bond acceptors (Lipinski definition) is 1. The second-order valence-electron chi connectivity index (χ2n) is 12.9. The van der Waals surface area contributed by atoms with Gasteiger partial charge in [0.05, 0.1) is 0 Å². The molecule has 0 unspecified atom stereocenters. The number of ether oxygens (including phenoxy) is 1. The largest absolute Gasteiger partial charge is 0.488 e. The standard InChI is InChI=1S/C49H34O/c1-3-11-34(12-4-1)36-21-23-37(24-22-36)43-30-44(32-45(31-43)41-16-9-15-40(29-41)35-13-5-2-6-14-35)38-25-27-39(28-26-38)46-19-10-17-42-33-50-48-20-8-7-18-47(48)49(42)46/h1-32H,33H2. The van der Waals surface area contributed by atoms with Crippen molar-refractivity contribution >= 4 is 0 Å². The Bertz CT molecular complexity index is 2440. The minimum Gasteiger partial charge on any atom is -0.488 e. The van der Waals surface area contributed by atoms with Gasteiger partial charge < -0.3 is 4.74 Å². The Morgan fingerprint density at radius 2 is 0.680 bits per heavy atom. The molecular formula is C49H34O. The first-order valence-electron chi connectivity index (χ1n) is 17.2. The molecule has 0 aliphatic carbocycles.